The monoisotopic (exact) mass is 214 g/mol. The first-order valence-electron chi connectivity index (χ1n) is 4.60. The van der Waals surface area contributed by atoms with E-state index in [4.69, 9.17) is 5.11 Å². The minimum Gasteiger partial charge on any atom is -0.393 e. The Labute approximate surface area is 86.9 Å². The van der Waals surface area contributed by atoms with Gasteiger partial charge in [-0.25, -0.2) is 0 Å². The van der Waals surface area contributed by atoms with Crippen molar-refractivity contribution in [1.29, 1.82) is 0 Å². The number of nitrogens with one attached hydrogen (secondary N) is 1. The molecule has 1 unspecified atom stereocenters. The van der Waals surface area contributed by atoms with E-state index in [0.717, 1.165) is 0 Å². The molecule has 7 heteroatoms. The summed E-state index contributed by atoms with van der Waals surface area (Å²) in [6.07, 6.45) is 1.48. The molecule has 1 aromatic heterocycles. The molecule has 0 bridgehead atoms. The number of nitrogens with zero attached hydrogens (tertiary/aromatic N) is 3. The molecule has 0 saturated carbocycles. The molecule has 1 aromatic rings. The number of hydrogen-bond acceptors (Lipinski definition) is 5. The van der Waals surface area contributed by atoms with Gasteiger partial charge < -0.3 is 20.5 Å². The maximum atomic E-state index is 10.6. The van der Waals surface area contributed by atoms with E-state index >= 15 is 0 Å². The number of aromatic nitrogens is 2. The van der Waals surface area contributed by atoms with Crippen molar-refractivity contribution in [2.75, 3.05) is 11.9 Å². The maximum Gasteiger partial charge on any atom is 0.406 e. The Bertz CT molecular complexity index is 348. The summed E-state index contributed by atoms with van der Waals surface area (Å²) in [7, 11) is 1.67. The Kier molecular flexibility index (Phi) is 3.62. The molecule has 0 aliphatic carbocycles. The van der Waals surface area contributed by atoms with Gasteiger partial charge >= 0.3 is 5.82 Å². The van der Waals surface area contributed by atoms with Crippen molar-refractivity contribution in [2.24, 2.45) is 7.05 Å². The summed E-state index contributed by atoms with van der Waals surface area (Å²) < 4.78 is 1.54. The van der Waals surface area contributed by atoms with Gasteiger partial charge in [0.25, 0.3) is 0 Å². The second kappa shape index (κ2) is 4.74. The highest BCUT2D eigenvalue weighted by atomic mass is 16.6. The fourth-order valence-corrected chi connectivity index (χ4v) is 1.15. The standard InChI is InChI=1S/C8H14N4O3/c1-6(13)3-4-9-7-8(12(14)15)10-5-11(7)2/h5-6,9,13H,3-4H2,1-2H3. The molecule has 0 amide bonds. The summed E-state index contributed by atoms with van der Waals surface area (Å²) in [5, 5.41) is 22.5. The second-order valence-corrected chi connectivity index (χ2v) is 3.35. The van der Waals surface area contributed by atoms with Crippen molar-refractivity contribution in [3.8, 4) is 0 Å². The van der Waals surface area contributed by atoms with Crippen molar-refractivity contribution >= 4 is 11.6 Å². The molecular weight excluding hydrogens is 200 g/mol. The summed E-state index contributed by atoms with van der Waals surface area (Å²) in [4.78, 5) is 13.7. The zero-order valence-electron chi connectivity index (χ0n) is 8.67. The molecule has 7 nitrogen and oxygen atoms in total. The van der Waals surface area contributed by atoms with E-state index in [1.165, 1.54) is 6.33 Å². The van der Waals surface area contributed by atoms with Crippen molar-refractivity contribution in [1.82, 2.24) is 9.55 Å². The predicted octanol–water partition coefficient (Wildman–Crippen LogP) is 0.511. The van der Waals surface area contributed by atoms with Gasteiger partial charge in [0.15, 0.2) is 0 Å². The van der Waals surface area contributed by atoms with E-state index in [1.54, 1.807) is 18.5 Å². The van der Waals surface area contributed by atoms with Crippen LogP contribution >= 0.6 is 0 Å². The maximum absolute atomic E-state index is 10.6. The van der Waals surface area contributed by atoms with Gasteiger partial charge in [-0.1, -0.05) is 0 Å². The van der Waals surface area contributed by atoms with E-state index < -0.39 is 11.0 Å². The first-order valence-corrected chi connectivity index (χ1v) is 4.60. The van der Waals surface area contributed by atoms with Gasteiger partial charge in [-0.05, 0) is 23.3 Å². The average Bonchev–Trinajstić information content (AvgIpc) is 2.47. The van der Waals surface area contributed by atoms with Gasteiger partial charge in [0.1, 0.15) is 0 Å². The van der Waals surface area contributed by atoms with Crippen molar-refractivity contribution < 1.29 is 10.0 Å². The van der Waals surface area contributed by atoms with E-state index in [2.05, 4.69) is 10.3 Å². The molecule has 0 aliphatic rings. The van der Waals surface area contributed by atoms with E-state index in [0.29, 0.717) is 18.8 Å². The van der Waals surface area contributed by atoms with Crippen molar-refractivity contribution in [3.63, 3.8) is 0 Å². The van der Waals surface area contributed by atoms with Gasteiger partial charge in [0, 0.05) is 13.6 Å². The predicted molar refractivity (Wildman–Crippen MR) is 54.6 cm³/mol. The van der Waals surface area contributed by atoms with Crippen LogP contribution in [-0.2, 0) is 7.05 Å². The summed E-state index contributed by atoms with van der Waals surface area (Å²) >= 11 is 0. The normalized spacial score (nSPS) is 12.5. The minimum absolute atomic E-state index is 0.192. The van der Waals surface area contributed by atoms with Crippen LogP contribution in [0.1, 0.15) is 13.3 Å². The molecule has 0 radical (unpaired) electrons. The van der Waals surface area contributed by atoms with E-state index in [9.17, 15) is 10.1 Å². The summed E-state index contributed by atoms with van der Waals surface area (Å²) in [5.74, 6) is 0.170. The van der Waals surface area contributed by atoms with Crippen LogP contribution in [0, 0.1) is 10.1 Å². The number of aliphatic hydroxyl groups excluding tert-OH is 1. The zero-order chi connectivity index (χ0) is 11.4. The van der Waals surface area contributed by atoms with Crippen LogP contribution in [0.4, 0.5) is 11.6 Å². The lowest BCUT2D eigenvalue weighted by atomic mass is 10.3. The number of nitro groups is 1. The Morgan fingerprint density at radius 2 is 2.47 bits per heavy atom. The van der Waals surface area contributed by atoms with Gasteiger partial charge in [-0.2, -0.15) is 0 Å². The molecule has 1 rings (SSSR count). The number of aliphatic hydroxyl groups is 1. The average molecular weight is 214 g/mol. The topological polar surface area (TPSA) is 93.2 Å². The molecule has 1 heterocycles. The van der Waals surface area contributed by atoms with Gasteiger partial charge in [-0.15, -0.1) is 0 Å². The van der Waals surface area contributed by atoms with Gasteiger partial charge in [-0.3, -0.25) is 4.57 Å². The third kappa shape index (κ3) is 2.91. The zero-order valence-corrected chi connectivity index (χ0v) is 8.67. The Morgan fingerprint density at radius 1 is 1.80 bits per heavy atom. The molecule has 84 valence electrons. The second-order valence-electron chi connectivity index (χ2n) is 3.35. The van der Waals surface area contributed by atoms with Crippen LogP contribution in [-0.4, -0.2) is 32.2 Å². The van der Waals surface area contributed by atoms with Crippen LogP contribution in [0.15, 0.2) is 6.33 Å². The summed E-state index contributed by atoms with van der Waals surface area (Å²) in [5.41, 5.74) is 0. The number of aryl methyl sites for hydroxylation is 1. The molecule has 0 fully saturated rings. The lowest BCUT2D eigenvalue weighted by Gasteiger charge is -2.07. The van der Waals surface area contributed by atoms with E-state index in [1.807, 2.05) is 0 Å². The third-order valence-corrected chi connectivity index (χ3v) is 1.95. The minimum atomic E-state index is -0.537. The van der Waals surface area contributed by atoms with Crippen LogP contribution in [0.25, 0.3) is 0 Å². The molecular formula is C8H14N4O3. The molecule has 2 N–H and O–H groups in total. The highest BCUT2D eigenvalue weighted by Gasteiger charge is 2.19. The molecule has 0 spiro atoms. The number of anilines is 1. The highest BCUT2D eigenvalue weighted by Crippen LogP contribution is 2.20. The molecule has 0 aliphatic heterocycles. The first kappa shape index (κ1) is 11.4. The van der Waals surface area contributed by atoms with Crippen LogP contribution in [0.3, 0.4) is 0 Å². The van der Waals surface area contributed by atoms with Crippen molar-refractivity contribution in [2.45, 2.75) is 19.4 Å². The molecule has 1 atom stereocenters. The Balaban J connectivity index is 2.66. The van der Waals surface area contributed by atoms with Gasteiger partial charge in [0.2, 0.25) is 12.1 Å². The summed E-state index contributed by atoms with van der Waals surface area (Å²) in [6.45, 7) is 2.14. The number of imidazole rings is 1. The largest absolute Gasteiger partial charge is 0.406 e. The quantitative estimate of drug-likeness (QED) is 0.550. The van der Waals surface area contributed by atoms with Crippen LogP contribution in [0.5, 0.6) is 0 Å². The molecule has 0 aromatic carbocycles. The van der Waals surface area contributed by atoms with Crippen LogP contribution in [0.2, 0.25) is 0 Å². The Morgan fingerprint density at radius 3 is 3.00 bits per heavy atom. The smallest absolute Gasteiger partial charge is 0.393 e. The highest BCUT2D eigenvalue weighted by molar-refractivity contribution is 5.51. The lowest BCUT2D eigenvalue weighted by Crippen LogP contribution is -2.12. The summed E-state index contributed by atoms with van der Waals surface area (Å²) in [6, 6.07) is 0. The SMILES string of the molecule is CC(O)CCNc1c([N+](=O)[O-])ncn1C. The molecule has 0 saturated heterocycles. The number of rotatable bonds is 5. The lowest BCUT2D eigenvalue weighted by molar-refractivity contribution is -0.388. The number of hydrogen-bond donors (Lipinski definition) is 2. The fraction of sp³-hybridized carbons (Fsp3) is 0.625. The van der Waals surface area contributed by atoms with Crippen molar-refractivity contribution in [3.05, 3.63) is 16.4 Å². The third-order valence-electron chi connectivity index (χ3n) is 1.95. The molecule has 15 heavy (non-hydrogen) atoms. The van der Waals surface area contributed by atoms with E-state index in [-0.39, 0.29) is 5.82 Å². The van der Waals surface area contributed by atoms with Gasteiger partial charge in [0.05, 0.1) is 6.10 Å². The van der Waals surface area contributed by atoms with Crippen LogP contribution < -0.4 is 5.32 Å². The fourth-order valence-electron chi connectivity index (χ4n) is 1.15. The Hall–Kier alpha value is -1.63. The first-order chi connectivity index (χ1) is 7.02.